The maximum Gasteiger partial charge on any atom is 0.252 e. The minimum absolute atomic E-state index is 0.0227. The lowest BCUT2D eigenvalue weighted by Crippen LogP contribution is -2.73. The molecular formula is C68H65BN2Si. The number of benzene rings is 9. The van der Waals surface area contributed by atoms with Crippen molar-refractivity contribution in [2.45, 2.75) is 92.4 Å². The van der Waals surface area contributed by atoms with E-state index in [-0.39, 0.29) is 23.0 Å². The molecule has 354 valence electrons. The van der Waals surface area contributed by atoms with Crippen molar-refractivity contribution in [2.75, 3.05) is 9.80 Å². The van der Waals surface area contributed by atoms with E-state index >= 15 is 0 Å². The average molecular weight is 949 g/mol. The summed E-state index contributed by atoms with van der Waals surface area (Å²) in [5.41, 5.74) is 23.0. The van der Waals surface area contributed by atoms with Crippen molar-refractivity contribution >= 4 is 86.0 Å². The first kappa shape index (κ1) is 46.0. The standard InChI is InChI=1S/C68H65BN2Si/c1-44-37-61-65-62(38-44)71(58-36-33-47(66(3,4)5)39-53(58)46-24-15-12-16-25-46)59-40-48(67(6,7)8)32-35-55(59)69(65)56-43-64-54(42-60(56)70(61)57-30-22-21-23-45(57)2)52-34-31-49(68(9,10)11)41-63(52)72(64,50-26-17-13-18-27-50)51-28-19-14-20-29-51/h12-43H,1-11H3. The van der Waals surface area contributed by atoms with Gasteiger partial charge in [-0.25, -0.2) is 0 Å². The molecule has 72 heavy (non-hydrogen) atoms. The molecule has 4 heteroatoms. The second kappa shape index (κ2) is 16.4. The van der Waals surface area contributed by atoms with Crippen LogP contribution in [0.5, 0.6) is 0 Å². The maximum absolute atomic E-state index is 2.93. The summed E-state index contributed by atoms with van der Waals surface area (Å²) in [7, 11) is -2.93. The SMILES string of the molecule is Cc1cc2c3c(c1)N(c1ccc(C(C)(C)C)cc1-c1ccccc1)c1cc(C(C)(C)C)ccc1B3c1cc3c(cc1N2c1ccccc1C)-c1ccc(C(C)(C)C)cc1[Si]3(c1ccccc1)c1ccccc1. The average Bonchev–Trinajstić information content (AvgIpc) is 3.65. The Labute approximate surface area is 430 Å². The van der Waals surface area contributed by atoms with Gasteiger partial charge in [0, 0.05) is 34.0 Å². The predicted molar refractivity (Wildman–Crippen MR) is 314 cm³/mol. The number of hydrogen-bond donors (Lipinski definition) is 0. The summed E-state index contributed by atoms with van der Waals surface area (Å²) < 4.78 is 0. The fourth-order valence-electron chi connectivity index (χ4n) is 12.4. The number of anilines is 6. The van der Waals surface area contributed by atoms with Gasteiger partial charge in [-0.2, -0.15) is 0 Å². The quantitative estimate of drug-likeness (QED) is 0.159. The third-order valence-electron chi connectivity index (χ3n) is 16.2. The molecule has 9 aromatic rings. The van der Waals surface area contributed by atoms with Crippen molar-refractivity contribution in [1.29, 1.82) is 0 Å². The number of aryl methyl sites for hydroxylation is 2. The van der Waals surface area contributed by atoms with Crippen LogP contribution >= 0.6 is 0 Å². The molecule has 0 spiro atoms. The normalized spacial score (nSPS) is 14.3. The molecule has 9 aromatic carbocycles. The molecular weight excluding hydrogens is 884 g/mol. The van der Waals surface area contributed by atoms with E-state index in [0.29, 0.717) is 0 Å². The van der Waals surface area contributed by atoms with E-state index in [9.17, 15) is 0 Å². The lowest BCUT2D eigenvalue weighted by atomic mass is 9.33. The third kappa shape index (κ3) is 7.04. The molecule has 0 aliphatic carbocycles. The Balaban J connectivity index is 1.23. The summed E-state index contributed by atoms with van der Waals surface area (Å²) in [6.07, 6.45) is 0. The van der Waals surface area contributed by atoms with Crippen molar-refractivity contribution in [2.24, 2.45) is 0 Å². The van der Waals surface area contributed by atoms with Crippen LogP contribution in [0.25, 0.3) is 22.3 Å². The molecule has 0 atom stereocenters. The van der Waals surface area contributed by atoms with Gasteiger partial charge >= 0.3 is 0 Å². The highest BCUT2D eigenvalue weighted by atomic mass is 28.3. The molecule has 0 saturated heterocycles. The molecule has 3 heterocycles. The first-order chi connectivity index (χ1) is 34.4. The lowest BCUT2D eigenvalue weighted by molar-refractivity contribution is 0.590. The van der Waals surface area contributed by atoms with Gasteiger partial charge in [-0.05, 0) is 154 Å². The topological polar surface area (TPSA) is 6.48 Å². The van der Waals surface area contributed by atoms with Gasteiger partial charge in [0.1, 0.15) is 0 Å². The Kier molecular flexibility index (Phi) is 10.5. The van der Waals surface area contributed by atoms with Crippen LogP contribution in [0.4, 0.5) is 34.1 Å². The van der Waals surface area contributed by atoms with Crippen molar-refractivity contribution in [3.05, 3.63) is 222 Å². The molecule has 0 unspecified atom stereocenters. The third-order valence-corrected chi connectivity index (χ3v) is 21.0. The molecule has 0 N–H and O–H groups in total. The zero-order valence-electron chi connectivity index (χ0n) is 43.9. The van der Waals surface area contributed by atoms with E-state index in [4.69, 9.17) is 0 Å². The van der Waals surface area contributed by atoms with Gasteiger partial charge in [-0.15, -0.1) is 0 Å². The van der Waals surface area contributed by atoms with Crippen LogP contribution in [0.1, 0.15) is 90.1 Å². The molecule has 0 saturated carbocycles. The molecule has 12 rings (SSSR count). The monoisotopic (exact) mass is 949 g/mol. The van der Waals surface area contributed by atoms with Gasteiger partial charge in [0.2, 0.25) is 0 Å². The van der Waals surface area contributed by atoms with Crippen molar-refractivity contribution < 1.29 is 0 Å². The molecule has 0 radical (unpaired) electrons. The number of hydrogen-bond acceptors (Lipinski definition) is 2. The molecule has 0 aromatic heterocycles. The Morgan fingerprint density at radius 2 is 0.861 bits per heavy atom. The Morgan fingerprint density at radius 1 is 0.361 bits per heavy atom. The molecule has 0 fully saturated rings. The fraction of sp³-hybridized carbons (Fsp3) is 0.206. The van der Waals surface area contributed by atoms with Crippen LogP contribution in [0.15, 0.2) is 194 Å². The van der Waals surface area contributed by atoms with Crippen LogP contribution in [0, 0.1) is 13.8 Å². The first-order valence-electron chi connectivity index (χ1n) is 26.0. The van der Waals surface area contributed by atoms with Gasteiger partial charge in [-0.1, -0.05) is 214 Å². The van der Waals surface area contributed by atoms with E-state index in [1.54, 1.807) is 0 Å². The largest absolute Gasteiger partial charge is 0.311 e. The first-order valence-corrected chi connectivity index (χ1v) is 28.0. The highest BCUT2D eigenvalue weighted by molar-refractivity contribution is 7.22. The van der Waals surface area contributed by atoms with Gasteiger partial charge in [0.15, 0.2) is 8.07 Å². The minimum atomic E-state index is -2.93. The Hall–Kier alpha value is -7.14. The molecule has 0 amide bonds. The summed E-state index contributed by atoms with van der Waals surface area (Å²) in [5, 5.41) is 5.80. The van der Waals surface area contributed by atoms with Gasteiger partial charge in [0.25, 0.3) is 6.71 Å². The fourth-order valence-corrected chi connectivity index (χ4v) is 17.6. The van der Waals surface area contributed by atoms with Crippen molar-refractivity contribution in [1.82, 2.24) is 0 Å². The maximum atomic E-state index is 2.72. The van der Waals surface area contributed by atoms with Crippen LogP contribution in [-0.2, 0) is 16.2 Å². The predicted octanol–water partition coefficient (Wildman–Crippen LogP) is 13.3. The summed E-state index contributed by atoms with van der Waals surface area (Å²) in [4.78, 5) is 5.28. The van der Waals surface area contributed by atoms with Crippen LogP contribution in [0.3, 0.4) is 0 Å². The summed E-state index contributed by atoms with van der Waals surface area (Å²) >= 11 is 0. The van der Waals surface area contributed by atoms with Gasteiger partial charge < -0.3 is 9.80 Å². The second-order valence-electron chi connectivity index (χ2n) is 23.9. The van der Waals surface area contributed by atoms with Crippen LogP contribution in [-0.4, -0.2) is 14.8 Å². The number of fused-ring (bicyclic) bond motifs is 7. The molecule has 0 bridgehead atoms. The van der Waals surface area contributed by atoms with E-state index in [0.717, 1.165) is 0 Å². The minimum Gasteiger partial charge on any atom is -0.311 e. The van der Waals surface area contributed by atoms with Crippen molar-refractivity contribution in [3.8, 4) is 22.3 Å². The Morgan fingerprint density at radius 3 is 1.47 bits per heavy atom. The van der Waals surface area contributed by atoms with E-state index in [1.807, 2.05) is 0 Å². The lowest BCUT2D eigenvalue weighted by Gasteiger charge is -2.46. The van der Waals surface area contributed by atoms with Crippen molar-refractivity contribution in [3.63, 3.8) is 0 Å². The van der Waals surface area contributed by atoms with Gasteiger partial charge in [0.05, 0.1) is 5.69 Å². The molecule has 3 aliphatic heterocycles. The molecule has 2 nitrogen and oxygen atoms in total. The summed E-state index contributed by atoms with van der Waals surface area (Å²) in [6.45, 7) is 25.6. The number of nitrogens with zero attached hydrogens (tertiary/aromatic N) is 2. The van der Waals surface area contributed by atoms with E-state index in [2.05, 4.69) is 280 Å². The number of para-hydroxylation sites is 1. The van der Waals surface area contributed by atoms with Crippen LogP contribution < -0.4 is 46.9 Å². The highest BCUT2D eigenvalue weighted by Crippen LogP contribution is 2.49. The number of rotatable bonds is 5. The van der Waals surface area contributed by atoms with Crippen LogP contribution in [0.2, 0.25) is 0 Å². The molecule has 3 aliphatic rings. The van der Waals surface area contributed by atoms with E-state index in [1.165, 1.54) is 121 Å². The Bertz CT molecular complexity index is 3570. The highest BCUT2D eigenvalue weighted by Gasteiger charge is 2.52. The zero-order chi connectivity index (χ0) is 50.1. The smallest absolute Gasteiger partial charge is 0.252 e. The van der Waals surface area contributed by atoms with E-state index < -0.39 is 8.07 Å². The summed E-state index contributed by atoms with van der Waals surface area (Å²) in [6, 6.07) is 75.7. The summed E-state index contributed by atoms with van der Waals surface area (Å²) in [5.74, 6) is 0. The second-order valence-corrected chi connectivity index (χ2v) is 27.7. The van der Waals surface area contributed by atoms with Gasteiger partial charge in [-0.3, -0.25) is 0 Å². The zero-order valence-corrected chi connectivity index (χ0v) is 44.9.